The van der Waals surface area contributed by atoms with Crippen LogP contribution in [0.4, 0.5) is 4.79 Å². The number of carboxylic acid groups (broad SMARTS) is 1. The summed E-state index contributed by atoms with van der Waals surface area (Å²) in [5.41, 5.74) is 0.0705. The summed E-state index contributed by atoms with van der Waals surface area (Å²) in [6.45, 7) is 10.1. The second-order valence-electron chi connectivity index (χ2n) is 10.2. The summed E-state index contributed by atoms with van der Waals surface area (Å²) in [4.78, 5) is 40.6. The molecule has 1 aliphatic rings. The van der Waals surface area contributed by atoms with E-state index in [-0.39, 0.29) is 24.5 Å². The third-order valence-electron chi connectivity index (χ3n) is 5.80. The van der Waals surface area contributed by atoms with Gasteiger partial charge < -0.3 is 14.7 Å². The topological polar surface area (TPSA) is 131 Å². The number of ether oxygens (including phenoxy) is 1. The lowest BCUT2D eigenvalue weighted by Crippen LogP contribution is -2.55. The molecular weight excluding hydrogens is 476 g/mol. The molecule has 0 spiro atoms. The Hall–Kier alpha value is -2.66. The van der Waals surface area contributed by atoms with Crippen molar-refractivity contribution in [2.75, 3.05) is 20.2 Å². The van der Waals surface area contributed by atoms with Crippen LogP contribution >= 0.6 is 0 Å². The van der Waals surface area contributed by atoms with Gasteiger partial charge in [0.15, 0.2) is 0 Å². The molecule has 0 unspecified atom stereocenters. The Balaban J connectivity index is 2.33. The zero-order chi connectivity index (χ0) is 26.7. The number of aliphatic carboxylic acids is 1. The van der Waals surface area contributed by atoms with Gasteiger partial charge in [-0.25, -0.2) is 9.59 Å². The first kappa shape index (κ1) is 28.6. The van der Waals surface area contributed by atoms with Crippen molar-refractivity contribution in [2.24, 2.45) is 11.8 Å². The smallest absolute Gasteiger partial charge is 0.410 e. The molecule has 2 amide bonds. The third-order valence-corrected chi connectivity index (χ3v) is 7.10. The Labute approximate surface area is 207 Å². The molecule has 3 atom stereocenters. The van der Waals surface area contributed by atoms with E-state index < -0.39 is 57.6 Å². The quantitative estimate of drug-likeness (QED) is 0.526. The molecule has 0 radical (unpaired) electrons. The first-order valence-electron chi connectivity index (χ1n) is 11.5. The van der Waals surface area contributed by atoms with Crippen molar-refractivity contribution in [1.29, 1.82) is 0 Å². The summed E-state index contributed by atoms with van der Waals surface area (Å²) in [7, 11) is -2.73. The Morgan fingerprint density at radius 3 is 2.23 bits per heavy atom. The number of hydrogen-bond acceptors (Lipinski definition) is 7. The molecule has 2 rings (SSSR count). The van der Waals surface area contributed by atoms with Crippen LogP contribution in [0, 0.1) is 18.8 Å². The van der Waals surface area contributed by atoms with Gasteiger partial charge in [-0.3, -0.25) is 13.9 Å². The largest absolute Gasteiger partial charge is 0.480 e. The number of likely N-dealkylation sites (tertiary alicyclic amines) is 1. The van der Waals surface area contributed by atoms with Gasteiger partial charge in [0.2, 0.25) is 5.91 Å². The molecular formula is C24H36N2O8S. The lowest BCUT2D eigenvalue weighted by atomic mass is 9.97. The number of benzene rings is 1. The predicted molar refractivity (Wildman–Crippen MR) is 128 cm³/mol. The van der Waals surface area contributed by atoms with Gasteiger partial charge in [-0.2, -0.15) is 8.42 Å². The molecule has 1 aromatic carbocycles. The molecule has 1 aliphatic heterocycles. The minimum Gasteiger partial charge on any atom is -0.480 e. The molecule has 0 saturated carbocycles. The number of carbonyl (C=O) groups excluding carboxylic acids is 2. The fourth-order valence-corrected chi connectivity index (χ4v) is 5.04. The summed E-state index contributed by atoms with van der Waals surface area (Å²) in [6.07, 6.45) is -0.448. The summed E-state index contributed by atoms with van der Waals surface area (Å²) < 4.78 is 36.1. The van der Waals surface area contributed by atoms with Crippen molar-refractivity contribution < 1.29 is 36.8 Å². The van der Waals surface area contributed by atoms with Crippen LogP contribution in [0.2, 0.25) is 0 Å². The van der Waals surface area contributed by atoms with E-state index in [4.69, 9.17) is 8.92 Å². The summed E-state index contributed by atoms with van der Waals surface area (Å²) in [6, 6.07) is 3.90. The van der Waals surface area contributed by atoms with Crippen molar-refractivity contribution >= 4 is 28.1 Å². The molecule has 35 heavy (non-hydrogen) atoms. The van der Waals surface area contributed by atoms with Crippen LogP contribution in [0.1, 0.15) is 46.6 Å². The zero-order valence-electron chi connectivity index (χ0n) is 21.3. The van der Waals surface area contributed by atoms with E-state index >= 15 is 0 Å². The third kappa shape index (κ3) is 7.17. The van der Waals surface area contributed by atoms with E-state index in [2.05, 4.69) is 0 Å². The van der Waals surface area contributed by atoms with E-state index in [0.717, 1.165) is 10.5 Å². The lowest BCUT2D eigenvalue weighted by Gasteiger charge is -2.35. The molecule has 196 valence electrons. The van der Waals surface area contributed by atoms with Gasteiger partial charge in [-0.05, 0) is 52.2 Å². The Kier molecular flexibility index (Phi) is 8.94. The second kappa shape index (κ2) is 10.9. The van der Waals surface area contributed by atoms with Crippen molar-refractivity contribution in [2.45, 2.75) is 70.5 Å². The number of amides is 2. The molecule has 11 heteroatoms. The maximum Gasteiger partial charge on any atom is 0.410 e. The summed E-state index contributed by atoms with van der Waals surface area (Å²) in [5, 5.41) is 9.65. The minimum atomic E-state index is -4.10. The van der Waals surface area contributed by atoms with E-state index in [1.807, 2.05) is 6.92 Å². The standard InChI is InChI=1S/C24H36N2O8S/c1-15(2)19(22(28)29)25(7)21(27)20-17(12-13-26(20)23(30)34-24(4,5)6)14-33-35(31,32)18-10-8-16(3)9-11-18/h8-11,15,17,19-20H,12-14H2,1-7H3,(H,28,29)/t17-,19+,20+/m1/s1. The predicted octanol–water partition coefficient (Wildman–Crippen LogP) is 2.89. The van der Waals surface area contributed by atoms with Crippen molar-refractivity contribution in [3.63, 3.8) is 0 Å². The molecule has 1 N–H and O–H groups in total. The average molecular weight is 513 g/mol. The molecule has 1 fully saturated rings. The normalized spacial score (nSPS) is 19.5. The van der Waals surface area contributed by atoms with Crippen LogP contribution < -0.4 is 0 Å². The second-order valence-corrected chi connectivity index (χ2v) is 11.8. The van der Waals surface area contributed by atoms with Crippen LogP contribution in [0.25, 0.3) is 0 Å². The number of carboxylic acids is 1. The maximum atomic E-state index is 13.5. The number of carbonyl (C=O) groups is 3. The lowest BCUT2D eigenvalue weighted by molar-refractivity contribution is -0.153. The number of likely N-dealkylation sites (N-methyl/N-ethyl adjacent to an activating group) is 1. The Morgan fingerprint density at radius 1 is 1.17 bits per heavy atom. The Bertz CT molecular complexity index is 1030. The first-order valence-corrected chi connectivity index (χ1v) is 12.9. The summed E-state index contributed by atoms with van der Waals surface area (Å²) >= 11 is 0. The number of nitrogens with zero attached hydrogens (tertiary/aromatic N) is 2. The monoisotopic (exact) mass is 512 g/mol. The zero-order valence-corrected chi connectivity index (χ0v) is 22.2. The van der Waals surface area contributed by atoms with Crippen molar-refractivity contribution in [3.05, 3.63) is 29.8 Å². The molecule has 1 aromatic rings. The van der Waals surface area contributed by atoms with E-state index in [1.54, 1.807) is 46.8 Å². The SMILES string of the molecule is Cc1ccc(S(=O)(=O)OC[C@H]2CCN(C(=O)OC(C)(C)C)[C@@H]2C(=O)N(C)[C@H](C(=O)O)C(C)C)cc1. The summed E-state index contributed by atoms with van der Waals surface area (Å²) in [5.74, 6) is -2.86. The van der Waals surface area contributed by atoms with Crippen LogP contribution in [-0.2, 0) is 28.6 Å². The molecule has 10 nitrogen and oxygen atoms in total. The number of aryl methyl sites for hydroxylation is 1. The molecule has 0 bridgehead atoms. The average Bonchev–Trinajstić information content (AvgIpc) is 3.14. The van der Waals surface area contributed by atoms with Gasteiger partial charge in [0.25, 0.3) is 10.1 Å². The molecule has 0 aromatic heterocycles. The number of rotatable bonds is 8. The molecule has 0 aliphatic carbocycles. The van der Waals surface area contributed by atoms with Gasteiger partial charge in [-0.1, -0.05) is 31.5 Å². The Morgan fingerprint density at radius 2 is 1.74 bits per heavy atom. The van der Waals surface area contributed by atoms with Gasteiger partial charge in [0.1, 0.15) is 17.7 Å². The number of hydrogen-bond donors (Lipinski definition) is 1. The highest BCUT2D eigenvalue weighted by molar-refractivity contribution is 7.86. The van der Waals surface area contributed by atoms with Gasteiger partial charge in [-0.15, -0.1) is 0 Å². The fraction of sp³-hybridized carbons (Fsp3) is 0.625. The minimum absolute atomic E-state index is 0.0177. The van der Waals surface area contributed by atoms with E-state index in [1.165, 1.54) is 24.1 Å². The molecule has 1 heterocycles. The van der Waals surface area contributed by atoms with Gasteiger partial charge in [0, 0.05) is 19.5 Å². The maximum absolute atomic E-state index is 13.5. The van der Waals surface area contributed by atoms with Gasteiger partial charge >= 0.3 is 12.1 Å². The van der Waals surface area contributed by atoms with Crippen LogP contribution in [0.15, 0.2) is 29.2 Å². The van der Waals surface area contributed by atoms with Crippen LogP contribution in [-0.4, -0.2) is 79.2 Å². The van der Waals surface area contributed by atoms with E-state index in [0.29, 0.717) is 0 Å². The van der Waals surface area contributed by atoms with Crippen LogP contribution in [0.5, 0.6) is 0 Å². The highest BCUT2D eigenvalue weighted by Crippen LogP contribution is 2.30. The van der Waals surface area contributed by atoms with E-state index in [9.17, 15) is 27.9 Å². The fourth-order valence-electron chi connectivity index (χ4n) is 4.08. The van der Waals surface area contributed by atoms with Crippen molar-refractivity contribution in [3.8, 4) is 0 Å². The molecule has 1 saturated heterocycles. The van der Waals surface area contributed by atoms with Crippen LogP contribution in [0.3, 0.4) is 0 Å². The first-order chi connectivity index (χ1) is 16.0. The van der Waals surface area contributed by atoms with Crippen molar-refractivity contribution in [1.82, 2.24) is 9.80 Å². The van der Waals surface area contributed by atoms with Gasteiger partial charge in [0.05, 0.1) is 11.5 Å². The highest BCUT2D eigenvalue weighted by atomic mass is 32.2. The highest BCUT2D eigenvalue weighted by Gasteiger charge is 2.47.